The van der Waals surface area contributed by atoms with Crippen LogP contribution >= 0.6 is 0 Å². The number of anilines is 1. The highest BCUT2D eigenvalue weighted by Crippen LogP contribution is 2.28. The number of aromatic nitrogens is 2. The quantitative estimate of drug-likeness (QED) is 0.580. The molecule has 3 aromatic rings. The summed E-state index contributed by atoms with van der Waals surface area (Å²) in [5.41, 5.74) is 1.61. The summed E-state index contributed by atoms with van der Waals surface area (Å²) < 4.78 is 10.7. The summed E-state index contributed by atoms with van der Waals surface area (Å²) in [5.74, 6) is -1.04. The van der Waals surface area contributed by atoms with Gasteiger partial charge in [0.05, 0.1) is 5.92 Å². The molecule has 7 heteroatoms. The Labute approximate surface area is 169 Å². The molecule has 7 nitrogen and oxygen atoms in total. The number of hydrogen-bond donors (Lipinski definition) is 1. The van der Waals surface area contributed by atoms with E-state index in [-0.39, 0.29) is 11.9 Å². The smallest absolute Gasteiger partial charge is 0.322 e. The second-order valence-electron chi connectivity index (χ2n) is 6.71. The molecule has 150 valence electrons. The van der Waals surface area contributed by atoms with Crippen molar-refractivity contribution < 1.29 is 18.7 Å². The Morgan fingerprint density at radius 2 is 1.69 bits per heavy atom. The Kier molecular flexibility index (Phi) is 6.73. The van der Waals surface area contributed by atoms with E-state index < -0.39 is 24.4 Å². The molecule has 0 spiro atoms. The Morgan fingerprint density at radius 1 is 1.03 bits per heavy atom. The maximum Gasteiger partial charge on any atom is 0.322 e. The van der Waals surface area contributed by atoms with Crippen LogP contribution in [0.15, 0.2) is 65.1 Å². The molecule has 0 saturated carbocycles. The lowest BCUT2D eigenvalue weighted by molar-refractivity contribution is -0.150. The number of rotatable bonds is 8. The van der Waals surface area contributed by atoms with Crippen LogP contribution in [0.4, 0.5) is 6.01 Å². The molecule has 29 heavy (non-hydrogen) atoms. The molecule has 0 saturated heterocycles. The molecule has 0 aliphatic carbocycles. The van der Waals surface area contributed by atoms with Gasteiger partial charge in [0.15, 0.2) is 6.61 Å². The normalized spacial score (nSPS) is 12.8. The largest absolute Gasteiger partial charge is 0.455 e. The van der Waals surface area contributed by atoms with Crippen molar-refractivity contribution in [3.05, 3.63) is 66.2 Å². The zero-order valence-corrected chi connectivity index (χ0v) is 16.4. The number of hydrogen-bond acceptors (Lipinski definition) is 6. The minimum Gasteiger partial charge on any atom is -0.455 e. The van der Waals surface area contributed by atoms with Gasteiger partial charge < -0.3 is 9.15 Å². The van der Waals surface area contributed by atoms with Gasteiger partial charge in [-0.2, -0.15) is 0 Å². The van der Waals surface area contributed by atoms with Crippen LogP contribution in [-0.2, 0) is 14.3 Å². The number of amides is 1. The van der Waals surface area contributed by atoms with E-state index in [4.69, 9.17) is 9.15 Å². The Balaban J connectivity index is 1.58. The highest BCUT2D eigenvalue weighted by Gasteiger charge is 2.28. The summed E-state index contributed by atoms with van der Waals surface area (Å²) in [7, 11) is 0. The highest BCUT2D eigenvalue weighted by atomic mass is 16.5. The van der Waals surface area contributed by atoms with Crippen molar-refractivity contribution in [1.82, 2.24) is 10.2 Å². The molecule has 1 heterocycles. The summed E-state index contributed by atoms with van der Waals surface area (Å²) in [6.45, 7) is 3.57. The molecule has 0 aliphatic rings. The molecule has 0 bridgehead atoms. The fraction of sp³-hybridized carbons (Fsp3) is 0.273. The Hall–Kier alpha value is -3.48. The molecule has 2 atom stereocenters. The van der Waals surface area contributed by atoms with Gasteiger partial charge in [-0.15, -0.1) is 5.10 Å². The van der Waals surface area contributed by atoms with Gasteiger partial charge in [0.1, 0.15) is 0 Å². The van der Waals surface area contributed by atoms with Crippen molar-refractivity contribution in [3.63, 3.8) is 0 Å². The van der Waals surface area contributed by atoms with E-state index in [1.165, 1.54) is 0 Å². The van der Waals surface area contributed by atoms with Crippen molar-refractivity contribution in [2.45, 2.75) is 26.2 Å². The molecule has 1 amide bonds. The monoisotopic (exact) mass is 393 g/mol. The molecule has 2 aromatic carbocycles. The van der Waals surface area contributed by atoms with Crippen LogP contribution in [0.1, 0.15) is 31.7 Å². The third-order valence-electron chi connectivity index (χ3n) is 4.66. The van der Waals surface area contributed by atoms with Gasteiger partial charge in [-0.05, 0) is 23.6 Å². The lowest BCUT2D eigenvalue weighted by Gasteiger charge is -2.21. The summed E-state index contributed by atoms with van der Waals surface area (Å²) in [6.07, 6.45) is 0.811. The van der Waals surface area contributed by atoms with Crippen LogP contribution in [-0.4, -0.2) is 28.7 Å². The number of ether oxygens (including phenoxy) is 1. The van der Waals surface area contributed by atoms with Gasteiger partial charge in [0, 0.05) is 5.56 Å². The molecular weight excluding hydrogens is 370 g/mol. The summed E-state index contributed by atoms with van der Waals surface area (Å²) >= 11 is 0. The maximum absolute atomic E-state index is 12.6. The summed E-state index contributed by atoms with van der Waals surface area (Å²) in [6, 6.07) is 18.6. The topological polar surface area (TPSA) is 94.3 Å². The third-order valence-corrected chi connectivity index (χ3v) is 4.66. The summed E-state index contributed by atoms with van der Waals surface area (Å²) in [4.78, 5) is 24.8. The standard InChI is InChI=1S/C22H23N3O4/c1-3-15(2)19(16-10-6-4-7-11-16)21(27)28-14-18(26)23-22-25-24-20(29-22)17-12-8-5-9-13-17/h4-13,15,19H,3,14H2,1-2H3,(H,23,25,26)/t15-,19+/m0/s1. The molecule has 1 N–H and O–H groups in total. The van der Waals surface area contributed by atoms with Crippen molar-refractivity contribution >= 4 is 17.9 Å². The van der Waals surface area contributed by atoms with E-state index in [1.807, 2.05) is 74.5 Å². The minimum absolute atomic E-state index is 0.0496. The van der Waals surface area contributed by atoms with E-state index in [0.717, 1.165) is 17.5 Å². The van der Waals surface area contributed by atoms with Crippen LogP contribution in [0.5, 0.6) is 0 Å². The van der Waals surface area contributed by atoms with Crippen LogP contribution < -0.4 is 5.32 Å². The second kappa shape index (κ2) is 9.64. The van der Waals surface area contributed by atoms with Crippen molar-refractivity contribution in [2.24, 2.45) is 5.92 Å². The molecule has 1 aromatic heterocycles. The lowest BCUT2D eigenvalue weighted by atomic mass is 9.86. The first-order valence-electron chi connectivity index (χ1n) is 9.48. The maximum atomic E-state index is 12.6. The van der Waals surface area contributed by atoms with Gasteiger partial charge >= 0.3 is 12.0 Å². The first-order chi connectivity index (χ1) is 14.1. The number of nitrogens with zero attached hydrogens (tertiary/aromatic N) is 2. The number of esters is 1. The fourth-order valence-corrected chi connectivity index (χ4v) is 2.95. The van der Waals surface area contributed by atoms with Gasteiger partial charge in [-0.25, -0.2) is 0 Å². The first kappa shape index (κ1) is 20.3. The predicted molar refractivity (Wildman–Crippen MR) is 108 cm³/mol. The van der Waals surface area contributed by atoms with E-state index in [2.05, 4.69) is 15.5 Å². The van der Waals surface area contributed by atoms with Crippen LogP contribution in [0.25, 0.3) is 11.5 Å². The van der Waals surface area contributed by atoms with Crippen LogP contribution in [0.3, 0.4) is 0 Å². The highest BCUT2D eigenvalue weighted by molar-refractivity contribution is 5.91. The van der Waals surface area contributed by atoms with Crippen LogP contribution in [0.2, 0.25) is 0 Å². The zero-order chi connectivity index (χ0) is 20.6. The molecule has 3 rings (SSSR count). The van der Waals surface area contributed by atoms with Crippen molar-refractivity contribution in [3.8, 4) is 11.5 Å². The van der Waals surface area contributed by atoms with Crippen LogP contribution in [0, 0.1) is 5.92 Å². The second-order valence-corrected chi connectivity index (χ2v) is 6.71. The van der Waals surface area contributed by atoms with Gasteiger partial charge in [0.25, 0.3) is 5.91 Å². The summed E-state index contributed by atoms with van der Waals surface area (Å²) in [5, 5.41) is 10.1. The number of carbonyl (C=O) groups excluding carboxylic acids is 2. The van der Waals surface area contributed by atoms with Gasteiger partial charge in [-0.3, -0.25) is 14.9 Å². The lowest BCUT2D eigenvalue weighted by Crippen LogP contribution is -2.27. The van der Waals surface area contributed by atoms with Crippen molar-refractivity contribution in [2.75, 3.05) is 11.9 Å². The van der Waals surface area contributed by atoms with E-state index in [1.54, 1.807) is 0 Å². The SMILES string of the molecule is CC[C@H](C)[C@@H](C(=O)OCC(=O)Nc1nnc(-c2ccccc2)o1)c1ccccc1. The molecule has 0 radical (unpaired) electrons. The average Bonchev–Trinajstić information content (AvgIpc) is 3.22. The van der Waals surface area contributed by atoms with Gasteiger partial charge in [0.2, 0.25) is 5.89 Å². The number of nitrogens with one attached hydrogen (secondary N) is 1. The average molecular weight is 393 g/mol. The molecule has 0 unspecified atom stereocenters. The first-order valence-corrected chi connectivity index (χ1v) is 9.48. The minimum atomic E-state index is -0.544. The number of benzene rings is 2. The Bertz CT molecular complexity index is 941. The Morgan fingerprint density at radius 3 is 2.34 bits per heavy atom. The van der Waals surface area contributed by atoms with E-state index in [0.29, 0.717) is 5.89 Å². The predicted octanol–water partition coefficient (Wildman–Crippen LogP) is 4.05. The zero-order valence-electron chi connectivity index (χ0n) is 16.4. The third kappa shape index (κ3) is 5.28. The number of carbonyl (C=O) groups is 2. The molecule has 0 aliphatic heterocycles. The molecule has 0 fully saturated rings. The van der Waals surface area contributed by atoms with Crippen molar-refractivity contribution in [1.29, 1.82) is 0 Å². The van der Waals surface area contributed by atoms with E-state index >= 15 is 0 Å². The fourth-order valence-electron chi connectivity index (χ4n) is 2.95. The van der Waals surface area contributed by atoms with E-state index in [9.17, 15) is 9.59 Å². The molecular formula is C22H23N3O4. The van der Waals surface area contributed by atoms with Gasteiger partial charge in [-0.1, -0.05) is 73.9 Å².